The first kappa shape index (κ1) is 15.8. The minimum Gasteiger partial charge on any atom is -0.292 e. The molecule has 0 aliphatic carbocycles. The summed E-state index contributed by atoms with van der Waals surface area (Å²) in [6.07, 6.45) is 0.863. The van der Waals surface area contributed by atoms with Crippen molar-refractivity contribution in [3.8, 4) is 0 Å². The molecule has 3 aromatic rings. The van der Waals surface area contributed by atoms with Crippen molar-refractivity contribution in [1.29, 1.82) is 0 Å². The summed E-state index contributed by atoms with van der Waals surface area (Å²) in [7, 11) is 0. The normalized spacial score (nSPS) is 21.1. The van der Waals surface area contributed by atoms with Gasteiger partial charge in [-0.2, -0.15) is 5.10 Å². The van der Waals surface area contributed by atoms with Crippen LogP contribution in [0.15, 0.2) is 53.8 Å². The van der Waals surface area contributed by atoms with Gasteiger partial charge in [0.1, 0.15) is 30.6 Å². The molecular weight excluding hydrogens is 349 g/mol. The van der Waals surface area contributed by atoms with E-state index in [-0.39, 0.29) is 18.1 Å². The predicted octanol–water partition coefficient (Wildman–Crippen LogP) is 2.81. The summed E-state index contributed by atoms with van der Waals surface area (Å²) >= 11 is 0. The van der Waals surface area contributed by atoms with Crippen molar-refractivity contribution in [3.63, 3.8) is 0 Å². The van der Waals surface area contributed by atoms with Gasteiger partial charge in [0.2, 0.25) is 0 Å². The lowest BCUT2D eigenvalue weighted by molar-refractivity contribution is 0.0930. The zero-order valence-corrected chi connectivity index (χ0v) is 14.0. The zero-order chi connectivity index (χ0) is 18.4. The molecule has 2 aliphatic heterocycles. The Labute approximate surface area is 153 Å². The summed E-state index contributed by atoms with van der Waals surface area (Å²) in [6.45, 7) is 0.0621. The highest BCUT2D eigenvalue weighted by molar-refractivity contribution is 6.20. The maximum Gasteiger partial charge on any atom is 0.184 e. The Morgan fingerprint density at radius 2 is 2.00 bits per heavy atom. The van der Waals surface area contributed by atoms with E-state index in [4.69, 9.17) is 4.84 Å². The van der Waals surface area contributed by atoms with Crippen molar-refractivity contribution in [2.75, 3.05) is 12.0 Å². The first-order valence-electron chi connectivity index (χ1n) is 8.45. The molecule has 2 unspecified atom stereocenters. The van der Waals surface area contributed by atoms with Crippen LogP contribution in [0.5, 0.6) is 0 Å². The van der Waals surface area contributed by atoms with E-state index in [1.54, 1.807) is 24.3 Å². The largest absolute Gasteiger partial charge is 0.292 e. The second-order valence-electron chi connectivity index (χ2n) is 6.39. The number of anilines is 1. The zero-order valence-electron chi connectivity index (χ0n) is 14.0. The Morgan fingerprint density at radius 1 is 1.15 bits per heavy atom. The van der Waals surface area contributed by atoms with E-state index in [0.29, 0.717) is 28.4 Å². The molecule has 2 aromatic carbocycles. The number of carbonyl (C=O) groups is 1. The summed E-state index contributed by atoms with van der Waals surface area (Å²) in [5.74, 6) is -0.264. The number of nitrogens with one attached hydrogen (secondary N) is 2. The number of hydrogen-bond acceptors (Lipinski definition) is 6. The Hall–Kier alpha value is -3.39. The Morgan fingerprint density at radius 3 is 2.78 bits per heavy atom. The summed E-state index contributed by atoms with van der Waals surface area (Å²) < 4.78 is 13.4. The van der Waals surface area contributed by atoms with Crippen LogP contribution in [0.3, 0.4) is 0 Å². The van der Waals surface area contributed by atoms with Crippen LogP contribution in [-0.2, 0) is 4.84 Å². The topological polar surface area (TPSA) is 92.3 Å². The molecule has 2 N–H and O–H groups in total. The van der Waals surface area contributed by atoms with Gasteiger partial charge >= 0.3 is 0 Å². The third-order valence-corrected chi connectivity index (χ3v) is 4.83. The van der Waals surface area contributed by atoms with Crippen molar-refractivity contribution in [2.45, 2.75) is 12.0 Å². The van der Waals surface area contributed by atoms with Gasteiger partial charge in [-0.1, -0.05) is 24.3 Å². The van der Waals surface area contributed by atoms with Crippen LogP contribution in [0, 0.1) is 5.82 Å². The number of aromatic nitrogens is 3. The number of H-pyrrole nitrogens is 1. The van der Waals surface area contributed by atoms with Gasteiger partial charge < -0.3 is 0 Å². The number of hydrogen-bond donors (Lipinski definition) is 2. The van der Waals surface area contributed by atoms with Crippen LogP contribution in [0.25, 0.3) is 0 Å². The summed E-state index contributed by atoms with van der Waals surface area (Å²) in [6, 6.07) is 11.5. The smallest absolute Gasteiger partial charge is 0.184 e. The number of nitrogens with zero attached hydrogens (tertiary/aromatic N) is 3. The van der Waals surface area contributed by atoms with Crippen LogP contribution in [0.1, 0.15) is 39.3 Å². The molecule has 134 valence electrons. The molecule has 8 heteroatoms. The van der Waals surface area contributed by atoms with E-state index in [1.807, 2.05) is 6.07 Å². The quantitative estimate of drug-likeness (QED) is 0.730. The number of Topliss-reactive ketones (excluding diaryl/α,β-unsaturated/α-hetero) is 1. The lowest BCUT2D eigenvalue weighted by Gasteiger charge is -2.25. The van der Waals surface area contributed by atoms with Crippen molar-refractivity contribution in [1.82, 2.24) is 15.2 Å². The van der Waals surface area contributed by atoms with E-state index >= 15 is 0 Å². The molecule has 3 heterocycles. The molecule has 5 rings (SSSR count). The monoisotopic (exact) mass is 363 g/mol. The second kappa shape index (κ2) is 6.10. The van der Waals surface area contributed by atoms with E-state index in [0.717, 1.165) is 5.56 Å². The Bertz CT molecular complexity index is 1050. The maximum absolute atomic E-state index is 13.4. The first-order chi connectivity index (χ1) is 13.2. The fraction of sp³-hybridized carbons (Fsp3) is 0.158. The van der Waals surface area contributed by atoms with E-state index in [9.17, 15) is 9.18 Å². The van der Waals surface area contributed by atoms with Crippen LogP contribution in [-0.4, -0.2) is 33.2 Å². The highest BCUT2D eigenvalue weighted by Crippen LogP contribution is 2.42. The van der Waals surface area contributed by atoms with Gasteiger partial charge in [-0.25, -0.2) is 9.37 Å². The van der Waals surface area contributed by atoms with Crippen LogP contribution in [0.4, 0.5) is 10.1 Å². The molecule has 0 fully saturated rings. The second-order valence-corrected chi connectivity index (χ2v) is 6.39. The molecule has 27 heavy (non-hydrogen) atoms. The maximum atomic E-state index is 13.4. The Balaban J connectivity index is 1.72. The Kier molecular flexibility index (Phi) is 3.58. The van der Waals surface area contributed by atoms with Crippen molar-refractivity contribution in [2.24, 2.45) is 4.99 Å². The molecule has 2 atom stereocenters. The first-order valence-corrected chi connectivity index (χ1v) is 8.45. The SMILES string of the molecule is O=C1CN=C2c3c(cccc31)NOC(c1ccc(F)cc1)C2c1ncn[nH]1. The molecular formula is C19H14FN5O2. The molecule has 0 amide bonds. The predicted molar refractivity (Wildman–Crippen MR) is 95.1 cm³/mol. The van der Waals surface area contributed by atoms with Gasteiger partial charge in [-0.3, -0.25) is 25.2 Å². The van der Waals surface area contributed by atoms with Gasteiger partial charge in [0.15, 0.2) is 5.78 Å². The summed E-state index contributed by atoms with van der Waals surface area (Å²) in [4.78, 5) is 27.2. The van der Waals surface area contributed by atoms with Crippen molar-refractivity contribution >= 4 is 17.2 Å². The molecule has 1 aromatic heterocycles. The van der Waals surface area contributed by atoms with Crippen LogP contribution < -0.4 is 5.48 Å². The standard InChI is InChI=1S/C19H14FN5O2/c20-11-6-4-10(5-7-11)18-16(19-22-9-23-24-19)17-15-12(14(26)8-21-17)2-1-3-13(15)25-27-18/h1-7,9,16,18,25H,8H2,(H,22,23,24). The lowest BCUT2D eigenvalue weighted by Crippen LogP contribution is -2.28. The minimum absolute atomic E-state index is 0.0473. The average Bonchev–Trinajstić information content (AvgIpc) is 3.16. The third kappa shape index (κ3) is 2.53. The number of rotatable bonds is 2. The fourth-order valence-electron chi connectivity index (χ4n) is 3.61. The minimum atomic E-state index is -0.550. The summed E-state index contributed by atoms with van der Waals surface area (Å²) in [5.41, 5.74) is 6.36. The van der Waals surface area contributed by atoms with Gasteiger partial charge in [0, 0.05) is 11.1 Å². The van der Waals surface area contributed by atoms with E-state index < -0.39 is 12.0 Å². The van der Waals surface area contributed by atoms with Crippen LogP contribution >= 0.6 is 0 Å². The fourth-order valence-corrected chi connectivity index (χ4v) is 3.61. The van der Waals surface area contributed by atoms with Crippen molar-refractivity contribution in [3.05, 3.63) is 77.1 Å². The number of ketones is 1. The number of carbonyl (C=O) groups excluding carboxylic acids is 1. The van der Waals surface area contributed by atoms with Crippen LogP contribution in [0.2, 0.25) is 0 Å². The molecule has 0 bridgehead atoms. The highest BCUT2D eigenvalue weighted by Gasteiger charge is 2.40. The molecule has 7 nitrogen and oxygen atoms in total. The van der Waals surface area contributed by atoms with Gasteiger partial charge in [0.25, 0.3) is 0 Å². The summed E-state index contributed by atoms with van der Waals surface area (Å²) in [5, 5.41) is 6.84. The number of aliphatic imine (C=N–C) groups is 1. The van der Waals surface area contributed by atoms with Gasteiger partial charge in [0.05, 0.1) is 17.3 Å². The average molecular weight is 363 g/mol. The van der Waals surface area contributed by atoms with E-state index in [1.165, 1.54) is 18.5 Å². The van der Waals surface area contributed by atoms with Crippen molar-refractivity contribution < 1.29 is 14.0 Å². The molecule has 0 radical (unpaired) electrons. The highest BCUT2D eigenvalue weighted by atomic mass is 19.1. The van der Waals surface area contributed by atoms with Gasteiger partial charge in [-0.05, 0) is 23.8 Å². The molecule has 2 aliphatic rings. The molecule has 0 spiro atoms. The third-order valence-electron chi connectivity index (χ3n) is 4.83. The number of benzene rings is 2. The van der Waals surface area contributed by atoms with Gasteiger partial charge in [-0.15, -0.1) is 0 Å². The lowest BCUT2D eigenvalue weighted by atomic mass is 9.83. The van der Waals surface area contributed by atoms with E-state index in [2.05, 4.69) is 25.7 Å². The number of halogens is 1. The molecule has 0 saturated carbocycles. The number of aromatic amines is 1. The molecule has 0 saturated heterocycles.